The molecule has 6 rings (SSSR count). The Morgan fingerprint density at radius 3 is 2.63 bits per heavy atom. The Bertz CT molecular complexity index is 1370. The predicted octanol–water partition coefficient (Wildman–Crippen LogP) is 4.88. The number of carbonyl (C=O) groups excluding carboxylic acids is 3. The van der Waals surface area contributed by atoms with E-state index in [1.165, 1.54) is 0 Å². The maximum atomic E-state index is 14.6. The van der Waals surface area contributed by atoms with Crippen LogP contribution in [0.4, 0.5) is 5.69 Å². The molecule has 1 unspecified atom stereocenters. The maximum absolute atomic E-state index is 14.6. The molecule has 5 atom stereocenters. The van der Waals surface area contributed by atoms with Crippen molar-refractivity contribution in [1.82, 2.24) is 4.90 Å². The summed E-state index contributed by atoms with van der Waals surface area (Å²) in [7, 11) is 0. The van der Waals surface area contributed by atoms with Crippen molar-refractivity contribution in [3.05, 3.63) is 66.8 Å². The zero-order chi connectivity index (χ0) is 28.4. The number of ether oxygens (including phenoxy) is 1. The molecule has 2 saturated heterocycles. The van der Waals surface area contributed by atoms with E-state index in [1.807, 2.05) is 42.5 Å². The van der Waals surface area contributed by atoms with Gasteiger partial charge in [-0.3, -0.25) is 14.4 Å². The molecule has 0 radical (unpaired) electrons. The average Bonchev–Trinajstić information content (AvgIpc) is 3.36. The van der Waals surface area contributed by atoms with Gasteiger partial charge in [0.25, 0.3) is 5.91 Å². The third kappa shape index (κ3) is 5.10. The van der Waals surface area contributed by atoms with Gasteiger partial charge in [-0.25, -0.2) is 0 Å². The Hall–Kier alpha value is -3.10. The number of amides is 2. The van der Waals surface area contributed by atoms with Crippen molar-refractivity contribution in [1.29, 1.82) is 0 Å². The number of anilines is 1. The molecular formula is C33H38N2O5S. The van der Waals surface area contributed by atoms with Crippen LogP contribution in [0.15, 0.2) is 66.8 Å². The van der Waals surface area contributed by atoms with Crippen molar-refractivity contribution in [3.8, 4) is 0 Å². The number of aliphatic hydroxyl groups excluding tert-OH is 1. The highest BCUT2D eigenvalue weighted by Crippen LogP contribution is 2.60. The maximum Gasteiger partial charge on any atom is 0.311 e. The molecule has 41 heavy (non-hydrogen) atoms. The molecule has 8 heteroatoms. The number of hydrogen-bond acceptors (Lipinski definition) is 6. The molecule has 4 heterocycles. The van der Waals surface area contributed by atoms with Gasteiger partial charge in [0.05, 0.1) is 23.2 Å². The summed E-state index contributed by atoms with van der Waals surface area (Å²) in [5, 5.41) is 11.1. The minimum atomic E-state index is -0.850. The minimum Gasteiger partial charge on any atom is -0.465 e. The molecular weight excluding hydrogens is 536 g/mol. The monoisotopic (exact) mass is 574 g/mol. The summed E-state index contributed by atoms with van der Waals surface area (Å²) in [6, 6.07) is 13.4. The van der Waals surface area contributed by atoms with E-state index in [-0.39, 0.29) is 29.6 Å². The number of aliphatic hydroxyl groups is 1. The van der Waals surface area contributed by atoms with E-state index in [9.17, 15) is 19.5 Å². The van der Waals surface area contributed by atoms with E-state index in [4.69, 9.17) is 4.74 Å². The highest BCUT2D eigenvalue weighted by Gasteiger charge is 2.70. The van der Waals surface area contributed by atoms with Gasteiger partial charge in [-0.2, -0.15) is 0 Å². The van der Waals surface area contributed by atoms with Crippen molar-refractivity contribution < 1.29 is 24.2 Å². The van der Waals surface area contributed by atoms with E-state index in [0.29, 0.717) is 19.7 Å². The average molecular weight is 575 g/mol. The van der Waals surface area contributed by atoms with Gasteiger partial charge in [-0.1, -0.05) is 67.5 Å². The van der Waals surface area contributed by atoms with E-state index >= 15 is 0 Å². The van der Waals surface area contributed by atoms with Crippen LogP contribution < -0.4 is 4.90 Å². The summed E-state index contributed by atoms with van der Waals surface area (Å²) >= 11 is 1.59. The quantitative estimate of drug-likeness (QED) is 0.288. The molecule has 0 aliphatic carbocycles. The Morgan fingerprint density at radius 2 is 1.78 bits per heavy atom. The number of benzene rings is 2. The summed E-state index contributed by atoms with van der Waals surface area (Å²) in [6.45, 7) is 1.35. The zero-order valence-electron chi connectivity index (χ0n) is 23.3. The summed E-state index contributed by atoms with van der Waals surface area (Å²) in [5.74, 6) is -1.85. The largest absolute Gasteiger partial charge is 0.465 e. The van der Waals surface area contributed by atoms with Crippen LogP contribution in [0.2, 0.25) is 0 Å². The summed E-state index contributed by atoms with van der Waals surface area (Å²) in [5.41, 5.74) is 0.801. The number of likely N-dealkylation sites (tertiary alicyclic amines) is 1. The van der Waals surface area contributed by atoms with Gasteiger partial charge in [-0.05, 0) is 55.0 Å². The van der Waals surface area contributed by atoms with Crippen molar-refractivity contribution >= 4 is 46.0 Å². The standard InChI is InChI=1S/C33H38N2O5S/c36-20-9-3-2-8-18-35-29-31(38)34(25-16-15-23-12-6-7-13-24(23)22-25)19-11-17-33(29)28(30(35)37)27-26(41-33)14-5-1-4-10-21-40-32(27)39/h5-7,11-17,22,26-29,36H,1-4,8-10,18-21H2/b14-5-/t26-,27+,28+,29?,33+/m1/s1. The fourth-order valence-electron chi connectivity index (χ4n) is 6.98. The number of cyclic esters (lactones) is 1. The Morgan fingerprint density at radius 1 is 0.951 bits per heavy atom. The first-order valence-electron chi connectivity index (χ1n) is 15.0. The second-order valence-electron chi connectivity index (χ2n) is 11.5. The van der Waals surface area contributed by atoms with Crippen LogP contribution in [-0.2, 0) is 19.1 Å². The van der Waals surface area contributed by atoms with Crippen LogP contribution >= 0.6 is 11.8 Å². The number of allylic oxidation sites excluding steroid dienone is 1. The molecule has 2 aromatic carbocycles. The fraction of sp³-hybridized carbons (Fsp3) is 0.485. The van der Waals surface area contributed by atoms with E-state index in [1.54, 1.807) is 21.6 Å². The van der Waals surface area contributed by atoms with Gasteiger partial charge in [0.2, 0.25) is 5.91 Å². The molecule has 216 valence electrons. The first kappa shape index (κ1) is 28.0. The van der Waals surface area contributed by atoms with Crippen LogP contribution in [0.1, 0.15) is 44.9 Å². The number of carbonyl (C=O) groups is 3. The lowest BCUT2D eigenvalue weighted by Crippen LogP contribution is -2.53. The zero-order valence-corrected chi connectivity index (χ0v) is 24.1. The lowest BCUT2D eigenvalue weighted by atomic mass is 9.78. The Balaban J connectivity index is 1.39. The Kier molecular flexibility index (Phi) is 8.22. The molecule has 0 aromatic heterocycles. The predicted molar refractivity (Wildman–Crippen MR) is 162 cm³/mol. The highest BCUT2D eigenvalue weighted by atomic mass is 32.2. The normalized spacial score (nSPS) is 30.5. The first-order valence-corrected chi connectivity index (χ1v) is 15.8. The molecule has 0 bridgehead atoms. The summed E-state index contributed by atoms with van der Waals surface area (Å²) in [6.07, 6.45) is 14.1. The fourth-order valence-corrected chi connectivity index (χ4v) is 8.98. The Labute approximate surface area is 245 Å². The van der Waals surface area contributed by atoms with Crippen LogP contribution in [0.3, 0.4) is 0 Å². The van der Waals surface area contributed by atoms with Crippen molar-refractivity contribution in [2.45, 2.75) is 61.0 Å². The number of nitrogens with zero attached hydrogens (tertiary/aromatic N) is 2. The van der Waals surface area contributed by atoms with Crippen LogP contribution in [-0.4, -0.2) is 70.1 Å². The first-order chi connectivity index (χ1) is 20.0. The summed E-state index contributed by atoms with van der Waals surface area (Å²) < 4.78 is 4.87. The smallest absolute Gasteiger partial charge is 0.311 e. The molecule has 2 aromatic rings. The molecule has 1 spiro atoms. The van der Waals surface area contributed by atoms with Gasteiger partial charge in [-0.15, -0.1) is 11.8 Å². The molecule has 4 aliphatic heterocycles. The molecule has 1 N–H and O–H groups in total. The van der Waals surface area contributed by atoms with Crippen molar-refractivity contribution in [2.24, 2.45) is 11.8 Å². The SMILES string of the molecule is O=C1OCCCC/C=C\[C@H]2S[C@]34C=CCN(c5ccc6ccccc6c5)C(=O)C3N(CCCCCCO)C(=O)[C@@H]4[C@@H]12. The van der Waals surface area contributed by atoms with Crippen LogP contribution in [0.25, 0.3) is 10.8 Å². The number of hydrogen-bond donors (Lipinski definition) is 1. The van der Waals surface area contributed by atoms with Crippen LogP contribution in [0, 0.1) is 11.8 Å². The number of fused-ring (bicyclic) bond motifs is 3. The topological polar surface area (TPSA) is 87.2 Å². The number of rotatable bonds is 7. The lowest BCUT2D eigenvalue weighted by molar-refractivity contribution is -0.153. The van der Waals surface area contributed by atoms with Gasteiger partial charge in [0.15, 0.2) is 0 Å². The molecule has 2 fully saturated rings. The summed E-state index contributed by atoms with van der Waals surface area (Å²) in [4.78, 5) is 46.0. The van der Waals surface area contributed by atoms with Gasteiger partial charge >= 0.3 is 5.97 Å². The highest BCUT2D eigenvalue weighted by molar-refractivity contribution is 8.02. The molecule has 7 nitrogen and oxygen atoms in total. The number of esters is 1. The van der Waals surface area contributed by atoms with E-state index in [0.717, 1.165) is 61.4 Å². The van der Waals surface area contributed by atoms with Gasteiger partial charge < -0.3 is 19.6 Å². The molecule has 2 amide bonds. The van der Waals surface area contributed by atoms with Gasteiger partial charge in [0.1, 0.15) is 6.04 Å². The lowest BCUT2D eigenvalue weighted by Gasteiger charge is -2.35. The molecule has 0 saturated carbocycles. The van der Waals surface area contributed by atoms with E-state index in [2.05, 4.69) is 24.3 Å². The van der Waals surface area contributed by atoms with E-state index < -0.39 is 22.6 Å². The third-order valence-electron chi connectivity index (χ3n) is 8.95. The van der Waals surface area contributed by atoms with Crippen molar-refractivity contribution in [2.75, 3.05) is 31.2 Å². The van der Waals surface area contributed by atoms with Crippen molar-refractivity contribution in [3.63, 3.8) is 0 Å². The van der Waals surface area contributed by atoms with Gasteiger partial charge in [0, 0.05) is 30.6 Å². The number of thioether (sulfide) groups is 1. The van der Waals surface area contributed by atoms with Crippen LogP contribution in [0.5, 0.6) is 0 Å². The minimum absolute atomic E-state index is 0.106. The third-order valence-corrected chi connectivity index (χ3v) is 10.7. The molecule has 4 aliphatic rings. The second-order valence-corrected chi connectivity index (χ2v) is 13.0. The second kappa shape index (κ2) is 12.0. The number of unbranched alkanes of at least 4 members (excludes halogenated alkanes) is 3.